The van der Waals surface area contributed by atoms with Gasteiger partial charge in [0, 0.05) is 24.4 Å². The van der Waals surface area contributed by atoms with Gasteiger partial charge in [-0.05, 0) is 25.5 Å². The molecule has 0 atom stereocenters. The van der Waals surface area contributed by atoms with E-state index in [1.54, 1.807) is 13.1 Å². The number of nitrogens with one attached hydrogen (secondary N) is 1. The third-order valence-electron chi connectivity index (χ3n) is 2.56. The summed E-state index contributed by atoms with van der Waals surface area (Å²) in [5.41, 5.74) is 0.705. The number of hydrogen-bond acceptors (Lipinski definition) is 4. The lowest BCUT2D eigenvalue weighted by atomic mass is 10.3. The minimum absolute atomic E-state index is 0.187. The van der Waals surface area contributed by atoms with Crippen LogP contribution < -0.4 is 10.1 Å². The van der Waals surface area contributed by atoms with E-state index in [0.29, 0.717) is 17.4 Å². The van der Waals surface area contributed by atoms with E-state index in [4.69, 9.17) is 4.74 Å². The highest BCUT2D eigenvalue weighted by Crippen LogP contribution is 2.24. The average molecular weight is 279 g/mol. The lowest BCUT2D eigenvalue weighted by Gasteiger charge is -2.09. The maximum Gasteiger partial charge on any atom is 0.226 e. The quantitative estimate of drug-likeness (QED) is 0.907. The molecule has 1 N–H and O–H groups in total. The van der Waals surface area contributed by atoms with E-state index in [0.717, 1.165) is 25.1 Å². The van der Waals surface area contributed by atoms with Gasteiger partial charge in [-0.15, -0.1) is 0 Å². The predicted octanol–water partition coefficient (Wildman–Crippen LogP) is 3.68. The van der Waals surface area contributed by atoms with Crippen molar-refractivity contribution in [2.75, 3.05) is 11.9 Å². The molecule has 1 heterocycles. The molecule has 6 heteroatoms. The van der Waals surface area contributed by atoms with Crippen LogP contribution in [0.2, 0.25) is 0 Å². The molecular weight excluding hydrogens is 264 g/mol. The van der Waals surface area contributed by atoms with Crippen molar-refractivity contribution in [3.63, 3.8) is 0 Å². The van der Waals surface area contributed by atoms with Crippen molar-refractivity contribution in [1.82, 2.24) is 9.97 Å². The Kier molecular flexibility index (Phi) is 4.45. The van der Waals surface area contributed by atoms with E-state index in [1.165, 1.54) is 6.07 Å². The number of ether oxygens (including phenoxy) is 1. The second-order valence-electron chi connectivity index (χ2n) is 4.29. The zero-order valence-electron chi connectivity index (χ0n) is 11.3. The largest absolute Gasteiger partial charge is 0.438 e. The highest BCUT2D eigenvalue weighted by Gasteiger charge is 2.08. The van der Waals surface area contributed by atoms with Gasteiger partial charge in [0.05, 0.1) is 0 Å². The van der Waals surface area contributed by atoms with Crippen molar-refractivity contribution in [3.05, 3.63) is 41.6 Å². The molecule has 106 valence electrons. The van der Waals surface area contributed by atoms with Crippen LogP contribution in [0.1, 0.15) is 18.9 Å². The Bertz CT molecular complexity index is 605. The molecule has 0 aliphatic heterocycles. The van der Waals surface area contributed by atoms with Crippen LogP contribution >= 0.6 is 0 Å². The second kappa shape index (κ2) is 6.27. The molecule has 0 aliphatic rings. The van der Waals surface area contributed by atoms with Crippen LogP contribution in [0.5, 0.6) is 11.6 Å². The van der Waals surface area contributed by atoms with Crippen LogP contribution in [0.4, 0.5) is 14.7 Å². The molecule has 1 aromatic heterocycles. The Labute approximate surface area is 115 Å². The summed E-state index contributed by atoms with van der Waals surface area (Å²) in [6.45, 7) is 4.55. The molecule has 0 unspecified atom stereocenters. The van der Waals surface area contributed by atoms with E-state index in [2.05, 4.69) is 15.3 Å². The lowest BCUT2D eigenvalue weighted by Crippen LogP contribution is -2.05. The van der Waals surface area contributed by atoms with Gasteiger partial charge in [-0.3, -0.25) is 0 Å². The van der Waals surface area contributed by atoms with E-state index >= 15 is 0 Å². The van der Waals surface area contributed by atoms with Gasteiger partial charge >= 0.3 is 0 Å². The minimum atomic E-state index is -0.960. The van der Waals surface area contributed by atoms with Gasteiger partial charge in [0.1, 0.15) is 5.75 Å². The summed E-state index contributed by atoms with van der Waals surface area (Å²) in [6, 6.07) is 3.34. The Hall–Kier alpha value is -2.24. The summed E-state index contributed by atoms with van der Waals surface area (Å²) in [4.78, 5) is 8.31. The molecule has 1 aromatic carbocycles. The number of nitrogens with zero attached hydrogens (tertiary/aromatic N) is 2. The predicted molar refractivity (Wildman–Crippen MR) is 72.0 cm³/mol. The number of halogens is 2. The molecule has 0 saturated heterocycles. The maximum absolute atomic E-state index is 13.1. The molecule has 0 fully saturated rings. The standard InChI is InChI=1S/C14H15F2N3O/c1-3-6-17-14-18-8-9(2)13(19-14)20-10-4-5-11(15)12(16)7-10/h4-5,7-8H,3,6H2,1-2H3,(H,17,18,19). The number of aryl methyl sites for hydroxylation is 1. The van der Waals surface area contributed by atoms with Crippen molar-refractivity contribution in [1.29, 1.82) is 0 Å². The fourth-order valence-corrected chi connectivity index (χ4v) is 1.50. The molecule has 0 bridgehead atoms. The van der Waals surface area contributed by atoms with Gasteiger partial charge in [0.15, 0.2) is 11.6 Å². The van der Waals surface area contributed by atoms with Crippen LogP contribution in [0, 0.1) is 18.6 Å². The van der Waals surface area contributed by atoms with Crippen LogP contribution in [0.15, 0.2) is 24.4 Å². The Morgan fingerprint density at radius 3 is 2.75 bits per heavy atom. The first-order valence-electron chi connectivity index (χ1n) is 6.30. The Morgan fingerprint density at radius 1 is 1.25 bits per heavy atom. The van der Waals surface area contributed by atoms with Crippen LogP contribution in [-0.2, 0) is 0 Å². The van der Waals surface area contributed by atoms with Crippen molar-refractivity contribution < 1.29 is 13.5 Å². The van der Waals surface area contributed by atoms with Crippen molar-refractivity contribution >= 4 is 5.95 Å². The third kappa shape index (κ3) is 3.40. The molecule has 2 rings (SSSR count). The van der Waals surface area contributed by atoms with E-state index in [-0.39, 0.29) is 5.75 Å². The molecule has 0 spiro atoms. The fraction of sp³-hybridized carbons (Fsp3) is 0.286. The third-order valence-corrected chi connectivity index (χ3v) is 2.56. The highest BCUT2D eigenvalue weighted by atomic mass is 19.2. The summed E-state index contributed by atoms with van der Waals surface area (Å²) in [5.74, 6) is -0.938. The zero-order chi connectivity index (χ0) is 14.5. The minimum Gasteiger partial charge on any atom is -0.438 e. The maximum atomic E-state index is 13.1. The van der Waals surface area contributed by atoms with Crippen LogP contribution in [-0.4, -0.2) is 16.5 Å². The number of benzene rings is 1. The lowest BCUT2D eigenvalue weighted by molar-refractivity contribution is 0.444. The van der Waals surface area contributed by atoms with Gasteiger partial charge in [-0.1, -0.05) is 6.92 Å². The van der Waals surface area contributed by atoms with Gasteiger partial charge in [0.25, 0.3) is 0 Å². The molecule has 0 aliphatic carbocycles. The first kappa shape index (κ1) is 14.2. The Balaban J connectivity index is 2.20. The van der Waals surface area contributed by atoms with Crippen LogP contribution in [0.25, 0.3) is 0 Å². The number of aromatic nitrogens is 2. The number of hydrogen-bond donors (Lipinski definition) is 1. The number of anilines is 1. The monoisotopic (exact) mass is 279 g/mol. The zero-order valence-corrected chi connectivity index (χ0v) is 11.3. The smallest absolute Gasteiger partial charge is 0.226 e. The highest BCUT2D eigenvalue weighted by molar-refractivity contribution is 5.36. The molecular formula is C14H15F2N3O. The van der Waals surface area contributed by atoms with Gasteiger partial charge in [0.2, 0.25) is 11.8 Å². The Morgan fingerprint density at radius 2 is 2.05 bits per heavy atom. The second-order valence-corrected chi connectivity index (χ2v) is 4.29. The van der Waals surface area contributed by atoms with Crippen LogP contribution in [0.3, 0.4) is 0 Å². The summed E-state index contributed by atoms with van der Waals surface area (Å²) >= 11 is 0. The SMILES string of the molecule is CCCNc1ncc(C)c(Oc2ccc(F)c(F)c2)n1. The topological polar surface area (TPSA) is 47.0 Å². The van der Waals surface area contributed by atoms with Gasteiger partial charge < -0.3 is 10.1 Å². The number of rotatable bonds is 5. The van der Waals surface area contributed by atoms with Crippen molar-refractivity contribution in [2.24, 2.45) is 0 Å². The first-order valence-corrected chi connectivity index (χ1v) is 6.30. The first-order chi connectivity index (χ1) is 9.60. The summed E-state index contributed by atoms with van der Waals surface area (Å²) in [6.07, 6.45) is 2.55. The molecule has 0 saturated carbocycles. The van der Waals surface area contributed by atoms with E-state index in [1.807, 2.05) is 6.92 Å². The van der Waals surface area contributed by atoms with Crippen molar-refractivity contribution in [2.45, 2.75) is 20.3 Å². The molecule has 0 radical (unpaired) electrons. The summed E-state index contributed by atoms with van der Waals surface area (Å²) < 4.78 is 31.5. The van der Waals surface area contributed by atoms with E-state index < -0.39 is 11.6 Å². The van der Waals surface area contributed by atoms with Gasteiger partial charge in [-0.2, -0.15) is 4.98 Å². The summed E-state index contributed by atoms with van der Waals surface area (Å²) in [7, 11) is 0. The normalized spacial score (nSPS) is 10.4. The van der Waals surface area contributed by atoms with Crippen molar-refractivity contribution in [3.8, 4) is 11.6 Å². The molecule has 20 heavy (non-hydrogen) atoms. The summed E-state index contributed by atoms with van der Waals surface area (Å²) in [5, 5.41) is 3.03. The fourth-order valence-electron chi connectivity index (χ4n) is 1.50. The molecule has 4 nitrogen and oxygen atoms in total. The van der Waals surface area contributed by atoms with E-state index in [9.17, 15) is 8.78 Å². The average Bonchev–Trinajstić information content (AvgIpc) is 2.44. The van der Waals surface area contributed by atoms with Gasteiger partial charge in [-0.25, -0.2) is 13.8 Å². The molecule has 0 amide bonds. The molecule has 2 aromatic rings.